The molecule has 1 saturated heterocycles. The van der Waals surface area contributed by atoms with Gasteiger partial charge in [-0.25, -0.2) is 12.8 Å². The average molecular weight is 299 g/mol. The molecule has 1 fully saturated rings. The third-order valence-electron chi connectivity index (χ3n) is 3.03. The third-order valence-corrected chi connectivity index (χ3v) is 4.90. The summed E-state index contributed by atoms with van der Waals surface area (Å²) in [6.45, 7) is 1.50. The molecule has 0 radical (unpaired) electrons. The van der Waals surface area contributed by atoms with Gasteiger partial charge in [-0.15, -0.1) is 0 Å². The number of benzene rings is 1. The number of morpholine rings is 1. The monoisotopic (exact) mass is 299 g/mol. The number of hydrogen-bond donors (Lipinski definition) is 1. The van der Waals surface area contributed by atoms with E-state index in [-0.39, 0.29) is 30.9 Å². The zero-order chi connectivity index (χ0) is 14.9. The van der Waals surface area contributed by atoms with Crippen molar-refractivity contribution in [1.29, 1.82) is 5.26 Å². The maximum atomic E-state index is 14.1. The summed E-state index contributed by atoms with van der Waals surface area (Å²) in [6.07, 6.45) is -0.844. The van der Waals surface area contributed by atoms with Crippen LogP contribution in [0.1, 0.15) is 5.56 Å². The minimum atomic E-state index is -4.03. The van der Waals surface area contributed by atoms with Gasteiger partial charge < -0.3 is 10.5 Å². The average Bonchev–Trinajstić information content (AvgIpc) is 2.42. The molecule has 1 unspecified atom stereocenters. The highest BCUT2D eigenvalue weighted by atomic mass is 32.2. The van der Waals surface area contributed by atoms with Gasteiger partial charge in [0, 0.05) is 12.2 Å². The molecule has 1 aliphatic heterocycles. The Morgan fingerprint density at radius 3 is 2.90 bits per heavy atom. The lowest BCUT2D eigenvalue weighted by Gasteiger charge is -2.29. The molecule has 0 bridgehead atoms. The summed E-state index contributed by atoms with van der Waals surface area (Å²) in [7, 11) is -4.03. The number of nitrogens with zero attached hydrogens (tertiary/aromatic N) is 2. The van der Waals surface area contributed by atoms with E-state index in [0.717, 1.165) is 10.4 Å². The van der Waals surface area contributed by atoms with Crippen LogP contribution in [0.25, 0.3) is 0 Å². The van der Waals surface area contributed by atoms with Gasteiger partial charge in [0.15, 0.2) is 6.10 Å². The Morgan fingerprint density at radius 1 is 1.55 bits per heavy atom. The van der Waals surface area contributed by atoms with Crippen LogP contribution in [0.2, 0.25) is 0 Å². The molecule has 1 aromatic rings. The van der Waals surface area contributed by atoms with Crippen molar-refractivity contribution in [3.8, 4) is 6.07 Å². The molecule has 0 aliphatic carbocycles. The minimum absolute atomic E-state index is 0.0772. The number of sulfonamides is 1. The number of nitriles is 1. The van der Waals surface area contributed by atoms with Crippen LogP contribution in [-0.2, 0) is 14.8 Å². The van der Waals surface area contributed by atoms with Crippen LogP contribution in [0.5, 0.6) is 0 Å². The van der Waals surface area contributed by atoms with Crippen LogP contribution >= 0.6 is 0 Å². The lowest BCUT2D eigenvalue weighted by Crippen LogP contribution is -2.45. The van der Waals surface area contributed by atoms with Crippen molar-refractivity contribution in [2.24, 2.45) is 0 Å². The second kappa shape index (κ2) is 5.36. The summed E-state index contributed by atoms with van der Waals surface area (Å²) < 4.78 is 45.1. The van der Waals surface area contributed by atoms with Gasteiger partial charge in [-0.3, -0.25) is 0 Å². The fourth-order valence-corrected chi connectivity index (χ4v) is 3.61. The lowest BCUT2D eigenvalue weighted by atomic mass is 10.2. The Hall–Kier alpha value is -1.69. The molecule has 0 aromatic heterocycles. The van der Waals surface area contributed by atoms with E-state index in [2.05, 4.69) is 0 Å². The van der Waals surface area contributed by atoms with Crippen molar-refractivity contribution in [1.82, 2.24) is 4.31 Å². The van der Waals surface area contributed by atoms with Gasteiger partial charge in [-0.2, -0.15) is 9.57 Å². The van der Waals surface area contributed by atoms with Crippen molar-refractivity contribution >= 4 is 15.7 Å². The van der Waals surface area contributed by atoms with E-state index in [1.54, 1.807) is 0 Å². The first kappa shape index (κ1) is 14.7. The normalized spacial score (nSPS) is 20.6. The van der Waals surface area contributed by atoms with E-state index >= 15 is 0 Å². The Morgan fingerprint density at radius 2 is 2.25 bits per heavy atom. The van der Waals surface area contributed by atoms with Crippen molar-refractivity contribution in [3.63, 3.8) is 0 Å². The Bertz CT molecular complexity index is 669. The van der Waals surface area contributed by atoms with E-state index in [4.69, 9.17) is 15.7 Å². The highest BCUT2D eigenvalue weighted by Gasteiger charge is 2.33. The number of halogens is 1. The molecule has 0 saturated carbocycles. The van der Waals surface area contributed by atoms with Crippen LogP contribution < -0.4 is 5.73 Å². The largest absolute Gasteiger partial charge is 0.399 e. The first-order chi connectivity index (χ1) is 9.36. The van der Waals surface area contributed by atoms with Gasteiger partial charge in [0.1, 0.15) is 10.7 Å². The Kier molecular flexibility index (Phi) is 3.94. The first-order valence-corrected chi connectivity index (χ1v) is 7.37. The summed E-state index contributed by atoms with van der Waals surface area (Å²) in [4.78, 5) is -0.464. The van der Waals surface area contributed by atoms with E-state index in [1.165, 1.54) is 13.0 Å². The summed E-state index contributed by atoms with van der Waals surface area (Å²) in [5, 5.41) is 8.80. The summed E-state index contributed by atoms with van der Waals surface area (Å²) >= 11 is 0. The molecule has 1 heterocycles. The third kappa shape index (κ3) is 2.60. The summed E-state index contributed by atoms with van der Waals surface area (Å²) in [5.41, 5.74) is 5.92. The molecule has 2 rings (SSSR count). The van der Waals surface area contributed by atoms with Crippen molar-refractivity contribution < 1.29 is 17.5 Å². The fraction of sp³-hybridized carbons (Fsp3) is 0.417. The van der Waals surface area contributed by atoms with Crippen molar-refractivity contribution in [2.45, 2.75) is 17.9 Å². The van der Waals surface area contributed by atoms with Crippen LogP contribution in [-0.4, -0.2) is 38.5 Å². The number of hydrogen-bond acceptors (Lipinski definition) is 5. The number of ether oxygens (including phenoxy) is 1. The zero-order valence-corrected chi connectivity index (χ0v) is 11.7. The minimum Gasteiger partial charge on any atom is -0.399 e. The van der Waals surface area contributed by atoms with Gasteiger partial charge in [0.05, 0.1) is 19.2 Å². The standard InChI is InChI=1S/C12H14FN3O3S/c1-8-4-9(15)5-11(12(8)13)20(17,18)16-2-3-19-10(6-14)7-16/h4-5,10H,2-3,7,15H2,1H3. The summed E-state index contributed by atoms with van der Waals surface area (Å²) in [6, 6.07) is 4.31. The van der Waals surface area contributed by atoms with Gasteiger partial charge >= 0.3 is 0 Å². The molecule has 20 heavy (non-hydrogen) atoms. The van der Waals surface area contributed by atoms with Gasteiger partial charge in [0.2, 0.25) is 10.0 Å². The number of aryl methyl sites for hydroxylation is 1. The highest BCUT2D eigenvalue weighted by molar-refractivity contribution is 7.89. The molecule has 8 heteroatoms. The predicted octanol–water partition coefficient (Wildman–Crippen LogP) is 0.629. The van der Waals surface area contributed by atoms with Crippen LogP contribution in [0.3, 0.4) is 0 Å². The second-order valence-corrected chi connectivity index (χ2v) is 6.41. The molecular formula is C12H14FN3O3S. The smallest absolute Gasteiger partial charge is 0.246 e. The van der Waals surface area contributed by atoms with Crippen LogP contribution in [0, 0.1) is 24.1 Å². The molecule has 0 spiro atoms. The van der Waals surface area contributed by atoms with Gasteiger partial charge in [0.25, 0.3) is 0 Å². The quantitative estimate of drug-likeness (QED) is 0.808. The molecular weight excluding hydrogens is 285 g/mol. The molecule has 108 valence electrons. The topological polar surface area (TPSA) is 96.4 Å². The maximum Gasteiger partial charge on any atom is 0.246 e. The zero-order valence-electron chi connectivity index (χ0n) is 10.8. The van der Waals surface area contributed by atoms with Gasteiger partial charge in [-0.05, 0) is 24.6 Å². The van der Waals surface area contributed by atoms with Crippen LogP contribution in [0.4, 0.5) is 10.1 Å². The second-order valence-electron chi connectivity index (χ2n) is 4.50. The Labute approximate surface area is 116 Å². The number of anilines is 1. The van der Waals surface area contributed by atoms with Crippen molar-refractivity contribution in [3.05, 3.63) is 23.5 Å². The molecule has 1 aliphatic rings. The van der Waals surface area contributed by atoms with E-state index in [0.29, 0.717) is 0 Å². The first-order valence-electron chi connectivity index (χ1n) is 5.93. The molecule has 0 amide bonds. The van der Waals surface area contributed by atoms with E-state index in [9.17, 15) is 12.8 Å². The number of nitrogens with two attached hydrogens (primary N) is 1. The highest BCUT2D eigenvalue weighted by Crippen LogP contribution is 2.25. The molecule has 2 N–H and O–H groups in total. The lowest BCUT2D eigenvalue weighted by molar-refractivity contribution is 0.0311. The predicted molar refractivity (Wildman–Crippen MR) is 69.7 cm³/mol. The van der Waals surface area contributed by atoms with E-state index < -0.39 is 26.8 Å². The summed E-state index contributed by atoms with van der Waals surface area (Å²) in [5.74, 6) is -0.820. The fourth-order valence-electron chi connectivity index (χ4n) is 2.01. The molecule has 6 nitrogen and oxygen atoms in total. The number of nitrogen functional groups attached to an aromatic ring is 1. The number of rotatable bonds is 2. The van der Waals surface area contributed by atoms with Crippen LogP contribution in [0.15, 0.2) is 17.0 Å². The van der Waals surface area contributed by atoms with Gasteiger partial charge in [-0.1, -0.05) is 0 Å². The maximum absolute atomic E-state index is 14.1. The molecule has 1 aromatic carbocycles. The SMILES string of the molecule is Cc1cc(N)cc(S(=O)(=O)N2CCOC(C#N)C2)c1F. The van der Waals surface area contributed by atoms with E-state index in [1.807, 2.05) is 6.07 Å². The van der Waals surface area contributed by atoms with Crippen molar-refractivity contribution in [2.75, 3.05) is 25.4 Å². The molecule has 1 atom stereocenters. The Balaban J connectivity index is 2.43.